The van der Waals surface area contributed by atoms with Crippen LogP contribution in [0, 0.1) is 11.7 Å². The third-order valence-electron chi connectivity index (χ3n) is 3.26. The first-order valence-electron chi connectivity index (χ1n) is 6.42. The van der Waals surface area contributed by atoms with Crippen LogP contribution in [-0.2, 0) is 4.79 Å². The third-order valence-corrected chi connectivity index (χ3v) is 3.26. The summed E-state index contributed by atoms with van der Waals surface area (Å²) in [4.78, 5) is 13.9. The van der Waals surface area contributed by atoms with E-state index in [9.17, 15) is 9.18 Å². The van der Waals surface area contributed by atoms with E-state index in [1.807, 2.05) is 0 Å². The van der Waals surface area contributed by atoms with E-state index >= 15 is 0 Å². The Balaban J connectivity index is 1.87. The second kappa shape index (κ2) is 5.96. The zero-order valence-corrected chi connectivity index (χ0v) is 10.7. The SMILES string of the molecule is CC1CCCN(CC(=O)Nc2ccccc2F)C1. The highest BCUT2D eigenvalue weighted by Gasteiger charge is 2.18. The van der Waals surface area contributed by atoms with Gasteiger partial charge in [-0.2, -0.15) is 0 Å². The molecule has 0 bridgehead atoms. The Kier molecular flexibility index (Phi) is 4.31. The van der Waals surface area contributed by atoms with Gasteiger partial charge in [0, 0.05) is 6.54 Å². The molecular weight excluding hydrogens is 231 g/mol. The molecule has 0 aromatic heterocycles. The Bertz CT molecular complexity index is 422. The number of benzene rings is 1. The molecule has 0 aliphatic carbocycles. The average Bonchev–Trinajstić information content (AvgIpc) is 2.32. The van der Waals surface area contributed by atoms with Crippen LogP contribution in [0.5, 0.6) is 0 Å². The lowest BCUT2D eigenvalue weighted by molar-refractivity contribution is -0.117. The fourth-order valence-electron chi connectivity index (χ4n) is 2.39. The fraction of sp³-hybridized carbons (Fsp3) is 0.500. The summed E-state index contributed by atoms with van der Waals surface area (Å²) in [5.74, 6) is 0.104. The van der Waals surface area contributed by atoms with E-state index in [1.165, 1.54) is 12.5 Å². The molecule has 1 unspecified atom stereocenters. The predicted molar refractivity (Wildman–Crippen MR) is 69.9 cm³/mol. The summed E-state index contributed by atoms with van der Waals surface area (Å²) in [6.45, 7) is 4.44. The highest BCUT2D eigenvalue weighted by Crippen LogP contribution is 2.16. The molecule has 1 aliphatic heterocycles. The highest BCUT2D eigenvalue weighted by atomic mass is 19.1. The number of carbonyl (C=O) groups is 1. The molecule has 1 N–H and O–H groups in total. The van der Waals surface area contributed by atoms with Crippen molar-refractivity contribution in [2.45, 2.75) is 19.8 Å². The number of nitrogens with zero attached hydrogens (tertiary/aromatic N) is 1. The first-order valence-corrected chi connectivity index (χ1v) is 6.42. The molecule has 0 saturated carbocycles. The minimum Gasteiger partial charge on any atom is -0.322 e. The average molecular weight is 250 g/mol. The molecule has 98 valence electrons. The van der Waals surface area contributed by atoms with Crippen molar-refractivity contribution in [3.8, 4) is 0 Å². The quantitative estimate of drug-likeness (QED) is 0.894. The number of hydrogen-bond donors (Lipinski definition) is 1. The van der Waals surface area contributed by atoms with Crippen molar-refractivity contribution in [3.63, 3.8) is 0 Å². The van der Waals surface area contributed by atoms with Crippen LogP contribution in [0.15, 0.2) is 24.3 Å². The summed E-state index contributed by atoms with van der Waals surface area (Å²) in [6, 6.07) is 6.24. The van der Waals surface area contributed by atoms with E-state index in [0.717, 1.165) is 19.5 Å². The molecule has 0 radical (unpaired) electrons. The maximum atomic E-state index is 13.4. The lowest BCUT2D eigenvalue weighted by Crippen LogP contribution is -2.39. The molecule has 0 spiro atoms. The van der Waals surface area contributed by atoms with Crippen LogP contribution in [0.2, 0.25) is 0 Å². The first-order chi connectivity index (χ1) is 8.65. The van der Waals surface area contributed by atoms with Gasteiger partial charge in [-0.3, -0.25) is 9.69 Å². The van der Waals surface area contributed by atoms with Gasteiger partial charge in [0.15, 0.2) is 0 Å². The van der Waals surface area contributed by atoms with E-state index in [-0.39, 0.29) is 11.6 Å². The number of hydrogen-bond acceptors (Lipinski definition) is 2. The van der Waals surface area contributed by atoms with Crippen LogP contribution in [0.4, 0.5) is 10.1 Å². The molecule has 1 amide bonds. The number of halogens is 1. The molecule has 1 heterocycles. The van der Waals surface area contributed by atoms with E-state index in [0.29, 0.717) is 12.5 Å². The smallest absolute Gasteiger partial charge is 0.238 e. The van der Waals surface area contributed by atoms with Crippen molar-refractivity contribution in [1.82, 2.24) is 4.90 Å². The van der Waals surface area contributed by atoms with Crippen molar-refractivity contribution < 1.29 is 9.18 Å². The van der Waals surface area contributed by atoms with Gasteiger partial charge >= 0.3 is 0 Å². The van der Waals surface area contributed by atoms with Gasteiger partial charge in [0.1, 0.15) is 5.82 Å². The van der Waals surface area contributed by atoms with Crippen LogP contribution in [0.25, 0.3) is 0 Å². The summed E-state index contributed by atoms with van der Waals surface area (Å²) in [5, 5.41) is 2.62. The predicted octanol–water partition coefficient (Wildman–Crippen LogP) is 2.50. The van der Waals surface area contributed by atoms with Crippen LogP contribution in [0.1, 0.15) is 19.8 Å². The lowest BCUT2D eigenvalue weighted by atomic mass is 10.0. The highest BCUT2D eigenvalue weighted by molar-refractivity contribution is 5.92. The molecule has 2 rings (SSSR count). The minimum absolute atomic E-state index is 0.144. The van der Waals surface area contributed by atoms with Crippen molar-refractivity contribution in [3.05, 3.63) is 30.1 Å². The van der Waals surface area contributed by atoms with Gasteiger partial charge in [0.25, 0.3) is 0 Å². The second-order valence-corrected chi connectivity index (χ2v) is 5.01. The van der Waals surface area contributed by atoms with Crippen molar-refractivity contribution in [2.75, 3.05) is 25.0 Å². The van der Waals surface area contributed by atoms with Gasteiger partial charge in [-0.15, -0.1) is 0 Å². The molecule has 1 aromatic rings. The van der Waals surface area contributed by atoms with Crippen LogP contribution in [0.3, 0.4) is 0 Å². The summed E-state index contributed by atoms with van der Waals surface area (Å²) in [6.07, 6.45) is 2.36. The zero-order valence-electron chi connectivity index (χ0n) is 10.7. The number of piperidine rings is 1. The van der Waals surface area contributed by atoms with E-state index < -0.39 is 5.82 Å². The number of rotatable bonds is 3. The molecule has 1 aromatic carbocycles. The largest absolute Gasteiger partial charge is 0.322 e. The van der Waals surface area contributed by atoms with Crippen molar-refractivity contribution in [2.24, 2.45) is 5.92 Å². The normalized spacial score (nSPS) is 20.7. The van der Waals surface area contributed by atoms with E-state index in [2.05, 4.69) is 17.1 Å². The fourth-order valence-corrected chi connectivity index (χ4v) is 2.39. The van der Waals surface area contributed by atoms with E-state index in [1.54, 1.807) is 18.2 Å². The summed E-state index contributed by atoms with van der Waals surface area (Å²) in [7, 11) is 0. The summed E-state index contributed by atoms with van der Waals surface area (Å²) in [5.41, 5.74) is 0.257. The standard InChI is InChI=1S/C14H19FN2O/c1-11-5-4-8-17(9-11)10-14(18)16-13-7-3-2-6-12(13)15/h2-3,6-7,11H,4-5,8-10H2,1H3,(H,16,18). The molecule has 3 nitrogen and oxygen atoms in total. The maximum absolute atomic E-state index is 13.4. The number of para-hydroxylation sites is 1. The summed E-state index contributed by atoms with van der Waals surface area (Å²) < 4.78 is 13.4. The molecule has 1 aliphatic rings. The summed E-state index contributed by atoms with van der Waals surface area (Å²) >= 11 is 0. The third kappa shape index (κ3) is 3.53. The number of carbonyl (C=O) groups excluding carboxylic acids is 1. The van der Waals surface area contributed by atoms with Crippen molar-refractivity contribution in [1.29, 1.82) is 0 Å². The number of amides is 1. The van der Waals surface area contributed by atoms with Crippen LogP contribution in [-0.4, -0.2) is 30.4 Å². The van der Waals surface area contributed by atoms with Gasteiger partial charge in [-0.25, -0.2) is 4.39 Å². The Hall–Kier alpha value is -1.42. The monoisotopic (exact) mass is 250 g/mol. The van der Waals surface area contributed by atoms with Gasteiger partial charge in [0.2, 0.25) is 5.91 Å². The number of nitrogens with one attached hydrogen (secondary N) is 1. The Morgan fingerprint density at radius 3 is 3.00 bits per heavy atom. The van der Waals surface area contributed by atoms with Crippen LogP contribution < -0.4 is 5.32 Å². The number of anilines is 1. The molecule has 1 fully saturated rings. The Morgan fingerprint density at radius 1 is 1.50 bits per heavy atom. The molecular formula is C14H19FN2O. The van der Waals surface area contributed by atoms with Gasteiger partial charge < -0.3 is 5.32 Å². The first kappa shape index (κ1) is 13.0. The molecule has 1 saturated heterocycles. The molecule has 18 heavy (non-hydrogen) atoms. The Morgan fingerprint density at radius 2 is 2.28 bits per heavy atom. The zero-order chi connectivity index (χ0) is 13.0. The number of likely N-dealkylation sites (tertiary alicyclic amines) is 1. The van der Waals surface area contributed by atoms with Gasteiger partial charge in [-0.05, 0) is 37.4 Å². The maximum Gasteiger partial charge on any atom is 0.238 e. The van der Waals surface area contributed by atoms with E-state index in [4.69, 9.17) is 0 Å². The minimum atomic E-state index is -0.391. The lowest BCUT2D eigenvalue weighted by Gasteiger charge is -2.30. The Labute approximate surface area is 107 Å². The second-order valence-electron chi connectivity index (χ2n) is 5.01. The molecule has 1 atom stereocenters. The van der Waals surface area contributed by atoms with Gasteiger partial charge in [-0.1, -0.05) is 19.1 Å². The van der Waals surface area contributed by atoms with Crippen LogP contribution >= 0.6 is 0 Å². The molecule has 4 heteroatoms. The van der Waals surface area contributed by atoms with Gasteiger partial charge in [0.05, 0.1) is 12.2 Å². The topological polar surface area (TPSA) is 32.3 Å². The van der Waals surface area contributed by atoms with Crippen molar-refractivity contribution >= 4 is 11.6 Å².